The average Bonchev–Trinajstić information content (AvgIpc) is 2.99. The molecule has 0 aliphatic carbocycles. The summed E-state index contributed by atoms with van der Waals surface area (Å²) in [5, 5.41) is 11.5. The van der Waals surface area contributed by atoms with E-state index in [1.807, 2.05) is 121 Å². The highest BCUT2D eigenvalue weighted by Crippen LogP contribution is 2.30. The molecule has 0 bridgehead atoms. The second kappa shape index (κ2) is 14.0. The van der Waals surface area contributed by atoms with Crippen molar-refractivity contribution in [2.24, 2.45) is 0 Å². The number of hydrogen-bond donors (Lipinski definition) is 1. The standard InChI is InChI=1S/C33H34O6/c34-30-32(37-23-27-17-9-3-10-18-27)31(36-22-26-15-7-2-8-16-26)29(24-35-21-25-13-5-1-6-14-25)39-33(30)38-28-19-11-4-12-20-28/h1-20,29-34H,21-24H2/t29-,30-,31-,32-,33-/m1/s1. The second-order valence-electron chi connectivity index (χ2n) is 9.49. The predicted molar refractivity (Wildman–Crippen MR) is 148 cm³/mol. The van der Waals surface area contributed by atoms with Crippen LogP contribution in [0.25, 0.3) is 0 Å². The van der Waals surface area contributed by atoms with Gasteiger partial charge in [-0.25, -0.2) is 0 Å². The molecule has 4 aromatic rings. The van der Waals surface area contributed by atoms with Crippen LogP contribution in [-0.2, 0) is 38.8 Å². The molecule has 0 saturated carbocycles. The van der Waals surface area contributed by atoms with Crippen molar-refractivity contribution in [2.75, 3.05) is 6.61 Å². The number of para-hydroxylation sites is 1. The van der Waals surface area contributed by atoms with Crippen molar-refractivity contribution in [3.8, 4) is 5.75 Å². The molecule has 0 unspecified atom stereocenters. The Kier molecular flexibility index (Phi) is 9.74. The topological polar surface area (TPSA) is 66.4 Å². The van der Waals surface area contributed by atoms with Crippen LogP contribution < -0.4 is 4.74 Å². The number of hydrogen-bond acceptors (Lipinski definition) is 6. The second-order valence-corrected chi connectivity index (χ2v) is 9.49. The molecule has 1 saturated heterocycles. The molecule has 5 atom stereocenters. The molecule has 6 nitrogen and oxygen atoms in total. The van der Waals surface area contributed by atoms with Gasteiger partial charge in [-0.2, -0.15) is 0 Å². The molecular weight excluding hydrogens is 492 g/mol. The van der Waals surface area contributed by atoms with Gasteiger partial charge < -0.3 is 28.8 Å². The first-order chi connectivity index (χ1) is 19.3. The number of aliphatic hydroxyl groups is 1. The molecule has 6 heteroatoms. The maximum Gasteiger partial charge on any atom is 0.229 e. The van der Waals surface area contributed by atoms with Crippen LogP contribution >= 0.6 is 0 Å². The summed E-state index contributed by atoms with van der Waals surface area (Å²) in [6.45, 7) is 1.31. The van der Waals surface area contributed by atoms with Crippen molar-refractivity contribution in [2.45, 2.75) is 50.5 Å². The van der Waals surface area contributed by atoms with Crippen LogP contribution in [0.15, 0.2) is 121 Å². The van der Waals surface area contributed by atoms with Crippen molar-refractivity contribution in [3.63, 3.8) is 0 Å². The zero-order chi connectivity index (χ0) is 26.7. The Labute approximate surface area is 229 Å². The first kappa shape index (κ1) is 27.1. The molecule has 1 N–H and O–H groups in total. The third-order valence-corrected chi connectivity index (χ3v) is 6.57. The lowest BCUT2D eigenvalue weighted by Crippen LogP contribution is -2.61. The molecule has 1 aliphatic rings. The van der Waals surface area contributed by atoms with Gasteiger partial charge in [0.2, 0.25) is 6.29 Å². The number of aliphatic hydroxyl groups excluding tert-OH is 1. The Balaban J connectivity index is 1.37. The number of benzene rings is 4. The summed E-state index contributed by atoms with van der Waals surface area (Å²) in [6.07, 6.45) is -3.93. The largest absolute Gasteiger partial charge is 0.462 e. The van der Waals surface area contributed by atoms with E-state index in [0.29, 0.717) is 25.6 Å². The highest BCUT2D eigenvalue weighted by molar-refractivity contribution is 5.21. The Bertz CT molecular complexity index is 1220. The molecule has 0 amide bonds. The third-order valence-electron chi connectivity index (χ3n) is 6.57. The minimum absolute atomic E-state index is 0.237. The predicted octanol–water partition coefficient (Wildman–Crippen LogP) is 5.54. The third kappa shape index (κ3) is 7.76. The number of rotatable bonds is 12. The summed E-state index contributed by atoms with van der Waals surface area (Å²) in [5.41, 5.74) is 3.07. The quantitative estimate of drug-likeness (QED) is 0.262. The van der Waals surface area contributed by atoms with E-state index in [-0.39, 0.29) is 6.61 Å². The smallest absolute Gasteiger partial charge is 0.229 e. The molecule has 1 aliphatic heterocycles. The first-order valence-electron chi connectivity index (χ1n) is 13.2. The summed E-state index contributed by atoms with van der Waals surface area (Å²) in [6, 6.07) is 39.1. The van der Waals surface area contributed by atoms with Crippen LogP contribution in [0.2, 0.25) is 0 Å². The van der Waals surface area contributed by atoms with Gasteiger partial charge >= 0.3 is 0 Å². The van der Waals surface area contributed by atoms with Crippen molar-refractivity contribution in [1.29, 1.82) is 0 Å². The van der Waals surface area contributed by atoms with Crippen LogP contribution in [0.3, 0.4) is 0 Å². The lowest BCUT2D eigenvalue weighted by molar-refractivity contribution is -0.299. The molecule has 39 heavy (non-hydrogen) atoms. The zero-order valence-corrected chi connectivity index (χ0v) is 21.8. The van der Waals surface area contributed by atoms with E-state index in [2.05, 4.69) is 0 Å². The van der Waals surface area contributed by atoms with E-state index >= 15 is 0 Å². The van der Waals surface area contributed by atoms with Gasteiger partial charge in [0.05, 0.1) is 26.4 Å². The summed E-state index contributed by atoms with van der Waals surface area (Å²) < 4.78 is 31.3. The van der Waals surface area contributed by atoms with Gasteiger partial charge in [0, 0.05) is 0 Å². The van der Waals surface area contributed by atoms with E-state index < -0.39 is 30.7 Å². The summed E-state index contributed by atoms with van der Waals surface area (Å²) in [5.74, 6) is 0.593. The Hall–Kier alpha value is -3.52. The highest BCUT2D eigenvalue weighted by atomic mass is 16.7. The molecule has 0 radical (unpaired) electrons. The SMILES string of the molecule is O[C@H]1[C@H](Oc2ccccc2)O[C@H](COCc2ccccc2)[C@@H](OCc2ccccc2)[C@@H]1OCc1ccccc1. The van der Waals surface area contributed by atoms with Crippen molar-refractivity contribution in [3.05, 3.63) is 138 Å². The van der Waals surface area contributed by atoms with E-state index in [1.54, 1.807) is 0 Å². The van der Waals surface area contributed by atoms with Crippen LogP contribution in [0, 0.1) is 0 Å². The minimum atomic E-state index is -1.10. The van der Waals surface area contributed by atoms with Gasteiger partial charge in [0.15, 0.2) is 0 Å². The van der Waals surface area contributed by atoms with Crippen molar-refractivity contribution < 1.29 is 28.8 Å². The fraction of sp³-hybridized carbons (Fsp3) is 0.273. The molecular formula is C33H34O6. The first-order valence-corrected chi connectivity index (χ1v) is 13.2. The maximum atomic E-state index is 11.5. The van der Waals surface area contributed by atoms with E-state index in [0.717, 1.165) is 16.7 Å². The zero-order valence-electron chi connectivity index (χ0n) is 21.8. The van der Waals surface area contributed by atoms with Gasteiger partial charge in [-0.05, 0) is 28.8 Å². The van der Waals surface area contributed by atoms with Crippen molar-refractivity contribution in [1.82, 2.24) is 0 Å². The maximum absolute atomic E-state index is 11.5. The van der Waals surface area contributed by atoms with E-state index in [1.165, 1.54) is 0 Å². The lowest BCUT2D eigenvalue weighted by Gasteiger charge is -2.44. The van der Waals surface area contributed by atoms with E-state index in [9.17, 15) is 5.11 Å². The summed E-state index contributed by atoms with van der Waals surface area (Å²) in [7, 11) is 0. The number of ether oxygens (including phenoxy) is 5. The fourth-order valence-corrected chi connectivity index (χ4v) is 4.55. The Morgan fingerprint density at radius 3 is 1.56 bits per heavy atom. The Morgan fingerprint density at radius 2 is 1.03 bits per heavy atom. The van der Waals surface area contributed by atoms with Gasteiger partial charge in [-0.3, -0.25) is 0 Å². The monoisotopic (exact) mass is 526 g/mol. The molecule has 1 fully saturated rings. The highest BCUT2D eigenvalue weighted by Gasteiger charge is 2.48. The average molecular weight is 527 g/mol. The Morgan fingerprint density at radius 1 is 0.564 bits per heavy atom. The molecule has 202 valence electrons. The molecule has 4 aromatic carbocycles. The van der Waals surface area contributed by atoms with Crippen LogP contribution in [0.4, 0.5) is 0 Å². The van der Waals surface area contributed by atoms with E-state index in [4.69, 9.17) is 23.7 Å². The van der Waals surface area contributed by atoms with Gasteiger partial charge in [0.25, 0.3) is 0 Å². The minimum Gasteiger partial charge on any atom is -0.462 e. The molecule has 0 spiro atoms. The van der Waals surface area contributed by atoms with Gasteiger partial charge in [0.1, 0.15) is 30.2 Å². The lowest BCUT2D eigenvalue weighted by atomic mass is 9.98. The summed E-state index contributed by atoms with van der Waals surface area (Å²) >= 11 is 0. The molecule has 1 heterocycles. The fourth-order valence-electron chi connectivity index (χ4n) is 4.55. The van der Waals surface area contributed by atoms with Crippen LogP contribution in [0.5, 0.6) is 5.75 Å². The van der Waals surface area contributed by atoms with Crippen LogP contribution in [-0.4, -0.2) is 42.4 Å². The molecule has 5 rings (SSSR count). The van der Waals surface area contributed by atoms with Gasteiger partial charge in [-0.15, -0.1) is 0 Å². The van der Waals surface area contributed by atoms with Gasteiger partial charge in [-0.1, -0.05) is 109 Å². The summed E-state index contributed by atoms with van der Waals surface area (Å²) in [4.78, 5) is 0. The normalized spacial score (nSPS) is 22.8. The van der Waals surface area contributed by atoms with Crippen LogP contribution in [0.1, 0.15) is 16.7 Å². The molecule has 0 aromatic heterocycles. The van der Waals surface area contributed by atoms with Crippen molar-refractivity contribution >= 4 is 0 Å².